The molecule has 2 aromatic heterocycles. The van der Waals surface area contributed by atoms with Crippen LogP contribution in [0.2, 0.25) is 0 Å². The first kappa shape index (κ1) is 15.9. The van der Waals surface area contributed by atoms with Crippen LogP contribution in [0.1, 0.15) is 23.2 Å². The van der Waals surface area contributed by atoms with Crippen LogP contribution in [0.4, 0.5) is 0 Å². The molecule has 0 bridgehead atoms. The average molecular weight is 332 g/mol. The molecule has 1 atom stereocenters. The third-order valence-corrected chi connectivity index (χ3v) is 4.26. The molecule has 0 aliphatic carbocycles. The molecular formula is C15H16N4O5. The van der Waals surface area contributed by atoms with Crippen LogP contribution in [0.15, 0.2) is 21.9 Å². The Morgan fingerprint density at radius 3 is 2.83 bits per heavy atom. The maximum absolute atomic E-state index is 12.6. The maximum Gasteiger partial charge on any atom is 0.329 e. The Bertz CT molecular complexity index is 945. The second kappa shape index (κ2) is 5.91. The lowest BCUT2D eigenvalue weighted by molar-refractivity contribution is -0.143. The van der Waals surface area contributed by atoms with E-state index < -0.39 is 23.1 Å². The fraction of sp³-hybridized carbons (Fsp3) is 0.400. The summed E-state index contributed by atoms with van der Waals surface area (Å²) in [5.41, 5.74) is -0.822. The lowest BCUT2D eigenvalue weighted by Crippen LogP contribution is -2.42. The third kappa shape index (κ3) is 2.68. The lowest BCUT2D eigenvalue weighted by atomic mass is 9.98. The van der Waals surface area contributed by atoms with Gasteiger partial charge in [-0.3, -0.25) is 23.9 Å². The summed E-state index contributed by atoms with van der Waals surface area (Å²) in [6, 6.07) is 1.38. The van der Waals surface area contributed by atoms with Gasteiger partial charge in [0.15, 0.2) is 0 Å². The van der Waals surface area contributed by atoms with Crippen LogP contribution in [-0.2, 0) is 11.8 Å². The predicted octanol–water partition coefficient (Wildman–Crippen LogP) is -0.441. The summed E-state index contributed by atoms with van der Waals surface area (Å²) in [7, 11) is 1.47. The van der Waals surface area contributed by atoms with Crippen molar-refractivity contribution in [3.8, 4) is 0 Å². The molecule has 9 heteroatoms. The number of pyridine rings is 1. The summed E-state index contributed by atoms with van der Waals surface area (Å²) in [6.45, 7) is 0.597. The van der Waals surface area contributed by atoms with Crippen LogP contribution in [0.25, 0.3) is 11.0 Å². The number of nitrogens with zero attached hydrogens (tertiary/aromatic N) is 3. The number of hydrogen-bond acceptors (Lipinski definition) is 5. The molecule has 0 spiro atoms. The topological polar surface area (TPSA) is 125 Å². The zero-order valence-electron chi connectivity index (χ0n) is 13.0. The van der Waals surface area contributed by atoms with E-state index in [1.165, 1.54) is 28.8 Å². The van der Waals surface area contributed by atoms with Gasteiger partial charge in [-0.1, -0.05) is 0 Å². The van der Waals surface area contributed by atoms with Gasteiger partial charge in [0.2, 0.25) is 0 Å². The molecule has 0 saturated carbocycles. The van der Waals surface area contributed by atoms with Crippen molar-refractivity contribution in [2.45, 2.75) is 12.8 Å². The van der Waals surface area contributed by atoms with Crippen LogP contribution in [-0.4, -0.2) is 49.5 Å². The number of H-pyrrole nitrogens is 1. The highest BCUT2D eigenvalue weighted by Gasteiger charge is 2.29. The number of rotatable bonds is 2. The fourth-order valence-electron chi connectivity index (χ4n) is 2.90. The molecule has 0 aromatic carbocycles. The summed E-state index contributed by atoms with van der Waals surface area (Å²) < 4.78 is 1.19. The second-order valence-corrected chi connectivity index (χ2v) is 5.84. The first-order chi connectivity index (χ1) is 11.4. The summed E-state index contributed by atoms with van der Waals surface area (Å²) in [6.07, 6.45) is 2.45. The van der Waals surface area contributed by atoms with Crippen molar-refractivity contribution < 1.29 is 14.7 Å². The van der Waals surface area contributed by atoms with E-state index in [0.717, 1.165) is 0 Å². The number of aromatic amines is 1. The van der Waals surface area contributed by atoms with Gasteiger partial charge in [-0.2, -0.15) is 0 Å². The number of carbonyl (C=O) groups is 2. The van der Waals surface area contributed by atoms with E-state index in [1.54, 1.807) is 0 Å². The van der Waals surface area contributed by atoms with Crippen LogP contribution >= 0.6 is 0 Å². The number of aromatic nitrogens is 3. The fourth-order valence-corrected chi connectivity index (χ4v) is 2.90. The summed E-state index contributed by atoms with van der Waals surface area (Å²) >= 11 is 0. The van der Waals surface area contributed by atoms with E-state index in [2.05, 4.69) is 9.97 Å². The zero-order chi connectivity index (χ0) is 17.4. The molecule has 1 aliphatic rings. The molecule has 1 fully saturated rings. The molecule has 2 N–H and O–H groups in total. The molecule has 24 heavy (non-hydrogen) atoms. The van der Waals surface area contributed by atoms with E-state index in [1.807, 2.05) is 0 Å². The largest absolute Gasteiger partial charge is 0.481 e. The number of amides is 1. The van der Waals surface area contributed by atoms with E-state index >= 15 is 0 Å². The predicted molar refractivity (Wildman–Crippen MR) is 83.9 cm³/mol. The second-order valence-electron chi connectivity index (χ2n) is 5.84. The quantitative estimate of drug-likeness (QED) is 0.768. The Balaban J connectivity index is 1.97. The summed E-state index contributed by atoms with van der Waals surface area (Å²) in [4.78, 5) is 54.9. The van der Waals surface area contributed by atoms with Crippen LogP contribution in [0, 0.1) is 5.92 Å². The highest BCUT2D eigenvalue weighted by atomic mass is 16.4. The molecule has 126 valence electrons. The van der Waals surface area contributed by atoms with Gasteiger partial charge in [0.05, 0.1) is 16.9 Å². The minimum absolute atomic E-state index is 0.134. The molecule has 3 rings (SSSR count). The standard InChI is InChI=1S/C15H16N4O5/c1-18-11-10(12(20)17-15(18)24)5-9(6-16-11)13(21)19-4-2-3-8(7-19)14(22)23/h5-6,8H,2-4,7H2,1H3,(H,22,23)(H,17,20,24). The average Bonchev–Trinajstić information content (AvgIpc) is 2.58. The number of aryl methyl sites for hydroxylation is 1. The number of likely N-dealkylation sites (tertiary alicyclic amines) is 1. The lowest BCUT2D eigenvalue weighted by Gasteiger charge is -2.30. The highest BCUT2D eigenvalue weighted by Crippen LogP contribution is 2.19. The Morgan fingerprint density at radius 1 is 1.38 bits per heavy atom. The number of carboxylic acid groups (broad SMARTS) is 1. The maximum atomic E-state index is 12.6. The Morgan fingerprint density at radius 2 is 2.12 bits per heavy atom. The minimum Gasteiger partial charge on any atom is -0.481 e. The van der Waals surface area contributed by atoms with Crippen LogP contribution in [0.3, 0.4) is 0 Å². The van der Waals surface area contributed by atoms with Crippen molar-refractivity contribution in [1.29, 1.82) is 0 Å². The van der Waals surface area contributed by atoms with Crippen molar-refractivity contribution >= 4 is 22.9 Å². The number of carboxylic acids is 1. The van der Waals surface area contributed by atoms with Gasteiger partial charge in [0.25, 0.3) is 11.5 Å². The molecule has 3 heterocycles. The normalized spacial score (nSPS) is 17.9. The number of fused-ring (bicyclic) bond motifs is 1. The zero-order valence-corrected chi connectivity index (χ0v) is 13.0. The molecule has 1 amide bonds. The smallest absolute Gasteiger partial charge is 0.329 e. The SMILES string of the molecule is Cn1c(=O)[nH]c(=O)c2cc(C(=O)N3CCCC(C(=O)O)C3)cnc21. The highest BCUT2D eigenvalue weighted by molar-refractivity contribution is 5.97. The van der Waals surface area contributed by atoms with Crippen LogP contribution in [0.5, 0.6) is 0 Å². The van der Waals surface area contributed by atoms with Crippen molar-refractivity contribution in [1.82, 2.24) is 19.4 Å². The summed E-state index contributed by atoms with van der Waals surface area (Å²) in [5, 5.41) is 9.25. The minimum atomic E-state index is -0.921. The molecule has 0 radical (unpaired) electrons. The van der Waals surface area contributed by atoms with Gasteiger partial charge < -0.3 is 10.0 Å². The van der Waals surface area contributed by atoms with Crippen molar-refractivity contribution in [3.05, 3.63) is 38.7 Å². The van der Waals surface area contributed by atoms with E-state index in [-0.39, 0.29) is 29.0 Å². The Kier molecular flexibility index (Phi) is 3.92. The molecule has 1 unspecified atom stereocenters. The number of carbonyl (C=O) groups excluding carboxylic acids is 1. The molecule has 1 aliphatic heterocycles. The van der Waals surface area contributed by atoms with Gasteiger partial charge in [-0.05, 0) is 18.9 Å². The molecule has 2 aromatic rings. The van der Waals surface area contributed by atoms with E-state index in [4.69, 9.17) is 5.11 Å². The number of aliphatic carboxylic acids is 1. The number of piperidine rings is 1. The van der Waals surface area contributed by atoms with E-state index in [0.29, 0.717) is 19.4 Å². The van der Waals surface area contributed by atoms with Gasteiger partial charge in [-0.25, -0.2) is 9.78 Å². The Hall–Kier alpha value is -2.97. The van der Waals surface area contributed by atoms with Crippen molar-refractivity contribution in [2.75, 3.05) is 13.1 Å². The number of hydrogen-bond donors (Lipinski definition) is 2. The van der Waals surface area contributed by atoms with Gasteiger partial charge >= 0.3 is 11.7 Å². The number of nitrogens with one attached hydrogen (secondary N) is 1. The van der Waals surface area contributed by atoms with Gasteiger partial charge in [0, 0.05) is 26.3 Å². The monoisotopic (exact) mass is 332 g/mol. The summed E-state index contributed by atoms with van der Waals surface area (Å²) in [5.74, 6) is -1.88. The van der Waals surface area contributed by atoms with Crippen molar-refractivity contribution in [2.24, 2.45) is 13.0 Å². The Labute approximate surface area is 135 Å². The first-order valence-electron chi connectivity index (χ1n) is 7.49. The first-order valence-corrected chi connectivity index (χ1v) is 7.49. The van der Waals surface area contributed by atoms with Gasteiger partial charge in [-0.15, -0.1) is 0 Å². The molecule has 9 nitrogen and oxygen atoms in total. The van der Waals surface area contributed by atoms with Crippen molar-refractivity contribution in [3.63, 3.8) is 0 Å². The third-order valence-electron chi connectivity index (χ3n) is 4.26. The van der Waals surface area contributed by atoms with Crippen LogP contribution < -0.4 is 11.2 Å². The van der Waals surface area contributed by atoms with Gasteiger partial charge in [0.1, 0.15) is 5.65 Å². The molecule has 1 saturated heterocycles. The van der Waals surface area contributed by atoms with E-state index in [9.17, 15) is 19.2 Å². The molecular weight excluding hydrogens is 316 g/mol.